The van der Waals surface area contributed by atoms with E-state index < -0.39 is 0 Å². The van der Waals surface area contributed by atoms with Crippen LogP contribution in [0.15, 0.2) is 0 Å². The van der Waals surface area contributed by atoms with Gasteiger partial charge in [0.05, 0.1) is 0 Å². The van der Waals surface area contributed by atoms with E-state index in [4.69, 9.17) is 0 Å². The Bertz CT molecular complexity index is 48.9. The van der Waals surface area contributed by atoms with E-state index in [0.717, 1.165) is 13.1 Å². The molecule has 55 valence electrons. The van der Waals surface area contributed by atoms with Crippen LogP contribution in [-0.2, 0) is 0 Å². The van der Waals surface area contributed by atoms with E-state index >= 15 is 0 Å². The van der Waals surface area contributed by atoms with Crippen molar-refractivity contribution in [3.8, 4) is 0 Å². The Balaban J connectivity index is 3.18. The molecule has 2 heteroatoms. The molecule has 2 nitrogen and oxygen atoms in total. The highest BCUT2D eigenvalue weighted by Gasteiger charge is 1.96. The fraction of sp³-hybridized carbons (Fsp3) is 1.00. The fourth-order valence-corrected chi connectivity index (χ4v) is 0.828. The molecular weight excluding hydrogens is 112 g/mol. The Morgan fingerprint density at radius 3 is 1.78 bits per heavy atom. The van der Waals surface area contributed by atoms with Gasteiger partial charge in [-0.25, -0.2) is 5.01 Å². The van der Waals surface area contributed by atoms with Gasteiger partial charge in [-0.1, -0.05) is 13.8 Å². The predicted molar refractivity (Wildman–Crippen MR) is 40.2 cm³/mol. The molecule has 0 saturated heterocycles. The topological polar surface area (TPSA) is 17.3 Å². The van der Waals surface area contributed by atoms with Gasteiger partial charge in [0.15, 0.2) is 0 Å². The van der Waals surface area contributed by atoms with Crippen molar-refractivity contribution >= 4 is 0 Å². The van der Waals surface area contributed by atoms with E-state index in [1.54, 1.807) is 0 Å². The summed E-state index contributed by atoms with van der Waals surface area (Å²) in [5, 5.41) is 2.11. The minimum Gasteiger partial charge on any atom is -0.227 e. The van der Waals surface area contributed by atoms with Crippen molar-refractivity contribution in [2.45, 2.75) is 26.7 Å². The van der Waals surface area contributed by atoms with E-state index in [1.165, 1.54) is 12.8 Å². The molecular formula is C7H17N2. The third kappa shape index (κ3) is 4.43. The summed E-state index contributed by atoms with van der Waals surface area (Å²) in [7, 11) is 1.85. The first kappa shape index (κ1) is 8.92. The highest BCUT2D eigenvalue weighted by atomic mass is 15.5. The molecule has 0 aromatic carbocycles. The molecule has 0 aromatic heterocycles. The van der Waals surface area contributed by atoms with Crippen LogP contribution in [0, 0.1) is 0 Å². The standard InChI is InChI=1S/C7H17N2/c1-4-6-9(8-3)7-5-2/h4-7H2,1-3H3. The SMILES string of the molecule is CCCN(CCC)[N]C. The molecule has 0 atom stereocenters. The summed E-state index contributed by atoms with van der Waals surface area (Å²) < 4.78 is 0. The van der Waals surface area contributed by atoms with Gasteiger partial charge in [0.25, 0.3) is 0 Å². The lowest BCUT2D eigenvalue weighted by Gasteiger charge is -2.16. The van der Waals surface area contributed by atoms with E-state index in [9.17, 15) is 0 Å². The molecule has 0 N–H and O–H groups in total. The van der Waals surface area contributed by atoms with Gasteiger partial charge >= 0.3 is 0 Å². The molecule has 0 saturated carbocycles. The van der Waals surface area contributed by atoms with Crippen LogP contribution in [0.1, 0.15) is 26.7 Å². The zero-order valence-electron chi connectivity index (χ0n) is 6.72. The summed E-state index contributed by atoms with van der Waals surface area (Å²) in [4.78, 5) is 0. The predicted octanol–water partition coefficient (Wildman–Crippen LogP) is 1.26. The lowest BCUT2D eigenvalue weighted by atomic mass is 10.4. The van der Waals surface area contributed by atoms with Gasteiger partial charge in [-0.2, -0.15) is 5.43 Å². The van der Waals surface area contributed by atoms with Crippen molar-refractivity contribution < 1.29 is 0 Å². The summed E-state index contributed by atoms with van der Waals surface area (Å²) in [6.07, 6.45) is 2.38. The van der Waals surface area contributed by atoms with Crippen molar-refractivity contribution in [3.63, 3.8) is 0 Å². The third-order valence-corrected chi connectivity index (χ3v) is 1.25. The molecule has 0 aromatic rings. The highest BCUT2D eigenvalue weighted by molar-refractivity contribution is 4.45. The number of hydrogen-bond donors (Lipinski definition) is 0. The van der Waals surface area contributed by atoms with Gasteiger partial charge in [0, 0.05) is 20.1 Å². The van der Waals surface area contributed by atoms with Crippen molar-refractivity contribution in [3.05, 3.63) is 0 Å². The first-order valence-corrected chi connectivity index (χ1v) is 3.69. The molecule has 0 heterocycles. The average Bonchev–Trinajstić information content (AvgIpc) is 1.88. The van der Waals surface area contributed by atoms with Gasteiger partial charge < -0.3 is 0 Å². The fourth-order valence-electron chi connectivity index (χ4n) is 0.828. The number of rotatable bonds is 5. The molecule has 9 heavy (non-hydrogen) atoms. The van der Waals surface area contributed by atoms with E-state index in [-0.39, 0.29) is 0 Å². The smallest absolute Gasteiger partial charge is 0.0193 e. The molecule has 0 fully saturated rings. The van der Waals surface area contributed by atoms with Gasteiger partial charge in [-0.3, -0.25) is 0 Å². The molecule has 0 amide bonds. The Morgan fingerprint density at radius 1 is 1.11 bits per heavy atom. The number of nitrogens with zero attached hydrogens (tertiary/aromatic N) is 2. The minimum absolute atomic E-state index is 1.10. The minimum atomic E-state index is 1.10. The summed E-state index contributed by atoms with van der Waals surface area (Å²) in [6, 6.07) is 0. The second kappa shape index (κ2) is 6.05. The Labute approximate surface area is 58.2 Å². The van der Waals surface area contributed by atoms with Gasteiger partial charge in [-0.15, -0.1) is 0 Å². The van der Waals surface area contributed by atoms with Crippen LogP contribution < -0.4 is 5.43 Å². The maximum Gasteiger partial charge on any atom is 0.0193 e. The van der Waals surface area contributed by atoms with Crippen molar-refractivity contribution in [2.24, 2.45) is 0 Å². The molecule has 0 aliphatic carbocycles. The summed E-state index contributed by atoms with van der Waals surface area (Å²) in [5.41, 5.74) is 4.10. The molecule has 0 aliphatic heterocycles. The van der Waals surface area contributed by atoms with Crippen LogP contribution in [0.5, 0.6) is 0 Å². The maximum atomic E-state index is 4.10. The second-order valence-corrected chi connectivity index (χ2v) is 2.15. The van der Waals surface area contributed by atoms with Gasteiger partial charge in [0.2, 0.25) is 0 Å². The maximum absolute atomic E-state index is 4.10. The lowest BCUT2D eigenvalue weighted by Crippen LogP contribution is -2.30. The van der Waals surface area contributed by atoms with Crippen LogP contribution in [0.25, 0.3) is 0 Å². The normalized spacial score (nSPS) is 10.7. The summed E-state index contributed by atoms with van der Waals surface area (Å²) in [6.45, 7) is 6.55. The van der Waals surface area contributed by atoms with Crippen LogP contribution in [0.3, 0.4) is 0 Å². The van der Waals surface area contributed by atoms with Gasteiger partial charge in [0.1, 0.15) is 0 Å². The van der Waals surface area contributed by atoms with Crippen molar-refractivity contribution in [1.82, 2.24) is 10.4 Å². The summed E-state index contributed by atoms with van der Waals surface area (Å²) >= 11 is 0. The largest absolute Gasteiger partial charge is 0.227 e. The van der Waals surface area contributed by atoms with Crippen molar-refractivity contribution in [1.29, 1.82) is 0 Å². The zero-order chi connectivity index (χ0) is 7.11. The third-order valence-electron chi connectivity index (χ3n) is 1.25. The van der Waals surface area contributed by atoms with Crippen molar-refractivity contribution in [2.75, 3.05) is 20.1 Å². The summed E-state index contributed by atoms with van der Waals surface area (Å²) in [5.74, 6) is 0. The van der Waals surface area contributed by atoms with E-state index in [1.807, 2.05) is 7.05 Å². The molecule has 0 rings (SSSR count). The first-order valence-electron chi connectivity index (χ1n) is 3.69. The van der Waals surface area contributed by atoms with Gasteiger partial charge in [-0.05, 0) is 12.8 Å². The molecule has 0 aliphatic rings. The quantitative estimate of drug-likeness (QED) is 0.511. The molecule has 0 spiro atoms. The lowest BCUT2D eigenvalue weighted by molar-refractivity contribution is 0.201. The monoisotopic (exact) mass is 129 g/mol. The highest BCUT2D eigenvalue weighted by Crippen LogP contribution is 1.88. The molecule has 0 bridgehead atoms. The van der Waals surface area contributed by atoms with E-state index in [0.29, 0.717) is 0 Å². The second-order valence-electron chi connectivity index (χ2n) is 2.15. The van der Waals surface area contributed by atoms with Crippen LogP contribution in [0.2, 0.25) is 0 Å². The first-order chi connectivity index (χ1) is 4.35. The Kier molecular flexibility index (Phi) is 5.99. The average molecular weight is 129 g/mol. The molecule has 1 radical (unpaired) electrons. The van der Waals surface area contributed by atoms with E-state index in [2.05, 4.69) is 24.3 Å². The van der Waals surface area contributed by atoms with Crippen LogP contribution in [-0.4, -0.2) is 25.1 Å². The molecule has 0 unspecified atom stereocenters. The zero-order valence-corrected chi connectivity index (χ0v) is 6.72. The van der Waals surface area contributed by atoms with Crippen LogP contribution in [0.4, 0.5) is 0 Å². The Morgan fingerprint density at radius 2 is 1.56 bits per heavy atom. The Hall–Kier alpha value is -0.0800. The number of hydrogen-bond acceptors (Lipinski definition) is 1. The van der Waals surface area contributed by atoms with Crippen LogP contribution >= 0.6 is 0 Å².